The van der Waals surface area contributed by atoms with Gasteiger partial charge in [-0.15, -0.1) is 6.58 Å². The van der Waals surface area contributed by atoms with Crippen LogP contribution in [-0.4, -0.2) is 18.1 Å². The zero-order chi connectivity index (χ0) is 10.2. The van der Waals surface area contributed by atoms with E-state index in [2.05, 4.69) is 11.9 Å². The molecule has 14 heavy (non-hydrogen) atoms. The van der Waals surface area contributed by atoms with Crippen LogP contribution in [0.1, 0.15) is 0 Å². The van der Waals surface area contributed by atoms with Gasteiger partial charge >= 0.3 is 0 Å². The van der Waals surface area contributed by atoms with Crippen molar-refractivity contribution in [2.45, 2.75) is 0 Å². The fourth-order valence-corrected chi connectivity index (χ4v) is 1.66. The summed E-state index contributed by atoms with van der Waals surface area (Å²) in [5, 5.41) is 3.31. The predicted molar refractivity (Wildman–Crippen MR) is 66.9 cm³/mol. The van der Waals surface area contributed by atoms with E-state index in [1.54, 1.807) is 0 Å². The Morgan fingerprint density at radius 1 is 1.50 bits per heavy atom. The maximum Gasteiger partial charge on any atom is 0.0361 e. The molecule has 0 saturated heterocycles. The van der Waals surface area contributed by atoms with E-state index in [1.807, 2.05) is 42.1 Å². The number of nitrogens with two attached hydrogens (primary N) is 1. The van der Waals surface area contributed by atoms with Crippen molar-refractivity contribution in [1.82, 2.24) is 0 Å². The second kappa shape index (κ2) is 6.38. The predicted octanol–water partition coefficient (Wildman–Crippen LogP) is 2.60. The summed E-state index contributed by atoms with van der Waals surface area (Å²) in [6, 6.07) is 7.80. The third-order valence-corrected chi connectivity index (χ3v) is 2.66. The molecule has 0 atom stereocenters. The van der Waals surface area contributed by atoms with Gasteiger partial charge < -0.3 is 11.1 Å². The van der Waals surface area contributed by atoms with Crippen molar-refractivity contribution < 1.29 is 0 Å². The molecule has 1 rings (SSSR count). The van der Waals surface area contributed by atoms with E-state index in [4.69, 9.17) is 5.73 Å². The van der Waals surface area contributed by atoms with Gasteiger partial charge in [-0.3, -0.25) is 0 Å². The van der Waals surface area contributed by atoms with E-state index in [0.717, 1.165) is 29.4 Å². The first-order chi connectivity index (χ1) is 6.83. The Morgan fingerprint density at radius 2 is 2.36 bits per heavy atom. The highest BCUT2D eigenvalue weighted by molar-refractivity contribution is 7.99. The van der Waals surface area contributed by atoms with Gasteiger partial charge in [0.2, 0.25) is 0 Å². The fraction of sp³-hybridized carbons (Fsp3) is 0.273. The summed E-state index contributed by atoms with van der Waals surface area (Å²) in [7, 11) is 0. The molecule has 76 valence electrons. The standard InChI is InChI=1S/C11H16N2S/c1-2-7-14-8-6-13-11-5-3-4-10(12)9-11/h2-5,9,13H,1,6-8,12H2. The Labute approximate surface area is 89.6 Å². The van der Waals surface area contributed by atoms with Gasteiger partial charge in [0.15, 0.2) is 0 Å². The number of nitrogen functional groups attached to an aromatic ring is 1. The Kier molecular flexibility index (Phi) is 5.00. The number of rotatable bonds is 6. The second-order valence-corrected chi connectivity index (χ2v) is 4.07. The molecule has 0 fully saturated rings. The molecule has 0 unspecified atom stereocenters. The van der Waals surface area contributed by atoms with Crippen LogP contribution in [0.3, 0.4) is 0 Å². The Morgan fingerprint density at radius 3 is 3.07 bits per heavy atom. The van der Waals surface area contributed by atoms with Crippen LogP contribution in [-0.2, 0) is 0 Å². The molecule has 2 nitrogen and oxygen atoms in total. The maximum absolute atomic E-state index is 5.65. The van der Waals surface area contributed by atoms with E-state index in [0.29, 0.717) is 0 Å². The van der Waals surface area contributed by atoms with Gasteiger partial charge in [-0.2, -0.15) is 11.8 Å². The molecule has 0 saturated carbocycles. The number of benzene rings is 1. The SMILES string of the molecule is C=CCSCCNc1cccc(N)c1. The summed E-state index contributed by atoms with van der Waals surface area (Å²) in [6.45, 7) is 4.63. The number of hydrogen-bond acceptors (Lipinski definition) is 3. The molecule has 0 aliphatic heterocycles. The van der Waals surface area contributed by atoms with Crippen molar-refractivity contribution >= 4 is 23.1 Å². The van der Waals surface area contributed by atoms with Crippen LogP contribution in [0.5, 0.6) is 0 Å². The van der Waals surface area contributed by atoms with E-state index < -0.39 is 0 Å². The fourth-order valence-electron chi connectivity index (χ4n) is 1.08. The van der Waals surface area contributed by atoms with Crippen LogP contribution in [0, 0.1) is 0 Å². The van der Waals surface area contributed by atoms with Gasteiger partial charge in [0.05, 0.1) is 0 Å². The van der Waals surface area contributed by atoms with Gasteiger partial charge in [-0.1, -0.05) is 12.1 Å². The summed E-state index contributed by atoms with van der Waals surface area (Å²) < 4.78 is 0. The van der Waals surface area contributed by atoms with E-state index in [-0.39, 0.29) is 0 Å². The Hall–Kier alpha value is -1.09. The molecule has 3 heteroatoms. The first-order valence-corrected chi connectivity index (χ1v) is 5.76. The van der Waals surface area contributed by atoms with Gasteiger partial charge in [0.25, 0.3) is 0 Å². The molecule has 0 aromatic heterocycles. The largest absolute Gasteiger partial charge is 0.399 e. The van der Waals surface area contributed by atoms with Crippen LogP contribution < -0.4 is 11.1 Å². The smallest absolute Gasteiger partial charge is 0.0361 e. The molecular formula is C11H16N2S. The van der Waals surface area contributed by atoms with Crippen LogP contribution in [0.25, 0.3) is 0 Å². The summed E-state index contributed by atoms with van der Waals surface area (Å²) in [5.41, 5.74) is 7.54. The lowest BCUT2D eigenvalue weighted by Crippen LogP contribution is -2.04. The molecule has 3 N–H and O–H groups in total. The Balaban J connectivity index is 2.21. The van der Waals surface area contributed by atoms with Crippen molar-refractivity contribution in [1.29, 1.82) is 0 Å². The van der Waals surface area contributed by atoms with Gasteiger partial charge in [-0.25, -0.2) is 0 Å². The third kappa shape index (κ3) is 4.23. The lowest BCUT2D eigenvalue weighted by Gasteiger charge is -2.05. The molecule has 0 spiro atoms. The average molecular weight is 208 g/mol. The summed E-state index contributed by atoms with van der Waals surface area (Å²) >= 11 is 1.86. The van der Waals surface area contributed by atoms with Crippen molar-refractivity contribution in [2.75, 3.05) is 29.1 Å². The minimum Gasteiger partial charge on any atom is -0.399 e. The normalized spacial score (nSPS) is 9.71. The minimum absolute atomic E-state index is 0.800. The zero-order valence-corrected chi connectivity index (χ0v) is 9.02. The lowest BCUT2D eigenvalue weighted by molar-refractivity contribution is 1.23. The van der Waals surface area contributed by atoms with Crippen LogP contribution in [0.4, 0.5) is 11.4 Å². The highest BCUT2D eigenvalue weighted by atomic mass is 32.2. The number of nitrogens with one attached hydrogen (secondary N) is 1. The molecule has 0 amide bonds. The van der Waals surface area contributed by atoms with E-state index in [9.17, 15) is 0 Å². The molecule has 0 radical (unpaired) electrons. The number of anilines is 2. The van der Waals surface area contributed by atoms with E-state index in [1.165, 1.54) is 0 Å². The monoisotopic (exact) mass is 208 g/mol. The highest BCUT2D eigenvalue weighted by Gasteiger charge is 1.91. The first-order valence-electron chi connectivity index (χ1n) is 4.61. The highest BCUT2D eigenvalue weighted by Crippen LogP contribution is 2.11. The van der Waals surface area contributed by atoms with Gasteiger partial charge in [0, 0.05) is 29.4 Å². The van der Waals surface area contributed by atoms with Gasteiger partial charge in [-0.05, 0) is 18.2 Å². The quantitative estimate of drug-likeness (QED) is 0.429. The molecule has 0 aliphatic rings. The van der Waals surface area contributed by atoms with E-state index >= 15 is 0 Å². The third-order valence-electron chi connectivity index (χ3n) is 1.70. The number of hydrogen-bond donors (Lipinski definition) is 2. The average Bonchev–Trinajstić information content (AvgIpc) is 2.18. The topological polar surface area (TPSA) is 38.0 Å². The molecule has 1 aromatic rings. The first kappa shape index (κ1) is 11.0. The molecule has 0 heterocycles. The summed E-state index contributed by atoms with van der Waals surface area (Å²) in [4.78, 5) is 0. The van der Waals surface area contributed by atoms with Crippen molar-refractivity contribution in [3.8, 4) is 0 Å². The lowest BCUT2D eigenvalue weighted by atomic mass is 10.3. The van der Waals surface area contributed by atoms with Crippen LogP contribution in [0.15, 0.2) is 36.9 Å². The van der Waals surface area contributed by atoms with Crippen molar-refractivity contribution in [2.24, 2.45) is 0 Å². The maximum atomic E-state index is 5.65. The van der Waals surface area contributed by atoms with Crippen molar-refractivity contribution in [3.63, 3.8) is 0 Å². The number of thioether (sulfide) groups is 1. The Bertz CT molecular complexity index is 286. The molecule has 0 bridgehead atoms. The molecule has 1 aromatic carbocycles. The van der Waals surface area contributed by atoms with Crippen LogP contribution in [0.2, 0.25) is 0 Å². The molecular weight excluding hydrogens is 192 g/mol. The van der Waals surface area contributed by atoms with Gasteiger partial charge in [0.1, 0.15) is 0 Å². The molecule has 0 aliphatic carbocycles. The summed E-state index contributed by atoms with van der Waals surface area (Å²) in [5.74, 6) is 2.10. The van der Waals surface area contributed by atoms with Crippen LogP contribution >= 0.6 is 11.8 Å². The van der Waals surface area contributed by atoms with Crippen molar-refractivity contribution in [3.05, 3.63) is 36.9 Å². The second-order valence-electron chi connectivity index (χ2n) is 2.92. The zero-order valence-electron chi connectivity index (χ0n) is 8.20. The minimum atomic E-state index is 0.800. The summed E-state index contributed by atoms with van der Waals surface area (Å²) in [6.07, 6.45) is 1.92.